The highest BCUT2D eigenvalue weighted by Crippen LogP contribution is 2.21. The molecule has 0 aliphatic rings. The minimum atomic E-state index is -0.466. The molecule has 1 aromatic carbocycles. The number of aryl methyl sites for hydroxylation is 1. The summed E-state index contributed by atoms with van der Waals surface area (Å²) in [5.41, 5.74) is 1.70. The number of nitrogens with one attached hydrogen (secondary N) is 1. The van der Waals surface area contributed by atoms with Gasteiger partial charge in [-0.2, -0.15) is 5.10 Å². The van der Waals surface area contributed by atoms with Crippen LogP contribution >= 0.6 is 23.2 Å². The van der Waals surface area contributed by atoms with Crippen molar-refractivity contribution < 1.29 is 4.79 Å². The molecule has 1 atom stereocenters. The topological polar surface area (TPSA) is 77.6 Å². The molecule has 130 valence electrons. The quantitative estimate of drug-likeness (QED) is 0.738. The number of anilines is 1. The third-order valence-corrected chi connectivity index (χ3v) is 4.22. The van der Waals surface area contributed by atoms with Crippen LogP contribution in [0.4, 0.5) is 5.95 Å². The molecule has 0 fully saturated rings. The first kappa shape index (κ1) is 17.4. The van der Waals surface area contributed by atoms with Crippen molar-refractivity contribution in [3.05, 3.63) is 58.1 Å². The van der Waals surface area contributed by atoms with Gasteiger partial charge >= 0.3 is 0 Å². The summed E-state index contributed by atoms with van der Waals surface area (Å²) in [7, 11) is 0. The maximum atomic E-state index is 12.3. The summed E-state index contributed by atoms with van der Waals surface area (Å²) < 4.78 is 3.18. The summed E-state index contributed by atoms with van der Waals surface area (Å²) in [6, 6.07) is 6.63. The molecule has 1 unspecified atom stereocenters. The van der Waals surface area contributed by atoms with E-state index in [2.05, 4.69) is 20.5 Å². The maximum absolute atomic E-state index is 12.3. The second-order valence-electron chi connectivity index (χ2n) is 5.60. The smallest absolute Gasteiger partial charge is 0.251 e. The SMILES string of the molecule is Cc1ccn(C(C)C(=O)Nc2ncn(Cc3ccc(Cl)cc3Cl)n2)n1. The molecular weight excluding hydrogens is 363 g/mol. The van der Waals surface area contributed by atoms with Crippen LogP contribution in [-0.2, 0) is 11.3 Å². The molecule has 1 amide bonds. The van der Waals surface area contributed by atoms with Crippen molar-refractivity contribution in [3.63, 3.8) is 0 Å². The zero-order valence-electron chi connectivity index (χ0n) is 13.6. The number of hydrogen-bond donors (Lipinski definition) is 1. The molecule has 0 bridgehead atoms. The van der Waals surface area contributed by atoms with Gasteiger partial charge in [-0.25, -0.2) is 9.67 Å². The number of aromatic nitrogens is 5. The van der Waals surface area contributed by atoms with Gasteiger partial charge in [0.25, 0.3) is 5.91 Å². The molecule has 0 aliphatic heterocycles. The Bertz CT molecular complexity index is 904. The molecule has 7 nitrogen and oxygen atoms in total. The van der Waals surface area contributed by atoms with E-state index in [4.69, 9.17) is 23.2 Å². The predicted octanol–water partition coefficient (Wildman–Crippen LogP) is 3.34. The summed E-state index contributed by atoms with van der Waals surface area (Å²) >= 11 is 12.0. The van der Waals surface area contributed by atoms with Crippen molar-refractivity contribution in [2.24, 2.45) is 0 Å². The minimum absolute atomic E-state index is 0.228. The number of carbonyl (C=O) groups excluding carboxylic acids is 1. The highest BCUT2D eigenvalue weighted by molar-refractivity contribution is 6.35. The van der Waals surface area contributed by atoms with E-state index in [9.17, 15) is 4.79 Å². The number of carbonyl (C=O) groups is 1. The van der Waals surface area contributed by atoms with E-state index in [0.29, 0.717) is 16.6 Å². The van der Waals surface area contributed by atoms with Gasteiger partial charge in [0.05, 0.1) is 12.2 Å². The number of amides is 1. The number of hydrogen-bond acceptors (Lipinski definition) is 4. The number of nitrogens with zero attached hydrogens (tertiary/aromatic N) is 5. The Kier molecular flexibility index (Phi) is 5.06. The molecule has 0 saturated carbocycles. The Balaban J connectivity index is 1.66. The molecular formula is C16H16Cl2N6O. The average molecular weight is 379 g/mol. The van der Waals surface area contributed by atoms with Crippen molar-refractivity contribution in [1.82, 2.24) is 24.5 Å². The van der Waals surface area contributed by atoms with Crippen LogP contribution in [0.1, 0.15) is 24.2 Å². The van der Waals surface area contributed by atoms with E-state index in [1.54, 1.807) is 34.6 Å². The van der Waals surface area contributed by atoms with Gasteiger partial charge in [0.15, 0.2) is 0 Å². The van der Waals surface area contributed by atoms with Gasteiger partial charge in [-0.1, -0.05) is 29.3 Å². The molecule has 3 aromatic rings. The first-order chi connectivity index (χ1) is 11.9. The minimum Gasteiger partial charge on any atom is -0.291 e. The normalized spacial score (nSPS) is 12.2. The zero-order valence-corrected chi connectivity index (χ0v) is 15.2. The second-order valence-corrected chi connectivity index (χ2v) is 6.45. The van der Waals surface area contributed by atoms with Gasteiger partial charge < -0.3 is 0 Å². The van der Waals surface area contributed by atoms with Crippen molar-refractivity contribution >= 4 is 35.1 Å². The molecule has 2 heterocycles. The summed E-state index contributed by atoms with van der Waals surface area (Å²) in [5, 5.41) is 12.3. The van der Waals surface area contributed by atoms with E-state index in [1.165, 1.54) is 6.33 Å². The van der Waals surface area contributed by atoms with E-state index in [-0.39, 0.29) is 11.9 Å². The predicted molar refractivity (Wildman–Crippen MR) is 95.9 cm³/mol. The van der Waals surface area contributed by atoms with Gasteiger partial charge in [-0.15, -0.1) is 5.10 Å². The van der Waals surface area contributed by atoms with Gasteiger partial charge in [0.1, 0.15) is 12.4 Å². The first-order valence-corrected chi connectivity index (χ1v) is 8.34. The zero-order chi connectivity index (χ0) is 18.0. The fourth-order valence-electron chi connectivity index (χ4n) is 2.24. The van der Waals surface area contributed by atoms with Crippen molar-refractivity contribution in [2.75, 3.05) is 5.32 Å². The number of halogens is 2. The molecule has 1 N–H and O–H groups in total. The van der Waals surface area contributed by atoms with Gasteiger partial charge in [-0.3, -0.25) is 14.8 Å². The fraction of sp³-hybridized carbons (Fsp3) is 0.250. The lowest BCUT2D eigenvalue weighted by atomic mass is 10.2. The van der Waals surface area contributed by atoms with E-state index < -0.39 is 6.04 Å². The van der Waals surface area contributed by atoms with Crippen LogP contribution in [0.25, 0.3) is 0 Å². The van der Waals surface area contributed by atoms with Crippen LogP contribution < -0.4 is 5.32 Å². The third kappa shape index (κ3) is 4.18. The van der Waals surface area contributed by atoms with Crippen LogP contribution in [0.5, 0.6) is 0 Å². The highest BCUT2D eigenvalue weighted by atomic mass is 35.5. The summed E-state index contributed by atoms with van der Waals surface area (Å²) in [6.07, 6.45) is 3.29. The highest BCUT2D eigenvalue weighted by Gasteiger charge is 2.17. The molecule has 0 radical (unpaired) electrons. The van der Waals surface area contributed by atoms with E-state index in [1.807, 2.05) is 19.1 Å². The van der Waals surface area contributed by atoms with Gasteiger partial charge in [0.2, 0.25) is 5.95 Å². The van der Waals surface area contributed by atoms with Gasteiger partial charge in [-0.05, 0) is 37.6 Å². The van der Waals surface area contributed by atoms with Crippen LogP contribution in [0.3, 0.4) is 0 Å². The van der Waals surface area contributed by atoms with E-state index in [0.717, 1.165) is 11.3 Å². The monoisotopic (exact) mass is 378 g/mol. The second kappa shape index (κ2) is 7.25. The molecule has 0 spiro atoms. The molecule has 25 heavy (non-hydrogen) atoms. The summed E-state index contributed by atoms with van der Waals surface area (Å²) in [6.45, 7) is 4.05. The Hall–Kier alpha value is -2.38. The Morgan fingerprint density at radius 3 is 2.76 bits per heavy atom. The molecule has 9 heteroatoms. The van der Waals surface area contributed by atoms with Crippen molar-refractivity contribution in [1.29, 1.82) is 0 Å². The van der Waals surface area contributed by atoms with Crippen LogP contribution in [-0.4, -0.2) is 30.5 Å². The average Bonchev–Trinajstić information content (AvgIpc) is 3.18. The Morgan fingerprint density at radius 2 is 2.08 bits per heavy atom. The van der Waals surface area contributed by atoms with Crippen molar-refractivity contribution in [3.8, 4) is 0 Å². The van der Waals surface area contributed by atoms with Crippen molar-refractivity contribution in [2.45, 2.75) is 26.4 Å². The van der Waals surface area contributed by atoms with Gasteiger partial charge in [0, 0.05) is 16.2 Å². The van der Waals surface area contributed by atoms with E-state index >= 15 is 0 Å². The van der Waals surface area contributed by atoms with Crippen LogP contribution in [0, 0.1) is 6.92 Å². The first-order valence-electron chi connectivity index (χ1n) is 7.58. The van der Waals surface area contributed by atoms with Crippen LogP contribution in [0.15, 0.2) is 36.8 Å². The lowest BCUT2D eigenvalue weighted by molar-refractivity contribution is -0.119. The Labute approximate surface area is 154 Å². The molecule has 0 aliphatic carbocycles. The lowest BCUT2D eigenvalue weighted by Crippen LogP contribution is -2.24. The third-order valence-electron chi connectivity index (χ3n) is 3.64. The molecule has 0 saturated heterocycles. The summed E-state index contributed by atoms with van der Waals surface area (Å²) in [4.78, 5) is 16.4. The Morgan fingerprint density at radius 1 is 1.28 bits per heavy atom. The summed E-state index contributed by atoms with van der Waals surface area (Å²) in [5.74, 6) is -0.0174. The number of benzene rings is 1. The fourth-order valence-corrected chi connectivity index (χ4v) is 2.70. The molecule has 3 rings (SSSR count). The maximum Gasteiger partial charge on any atom is 0.251 e. The lowest BCUT2D eigenvalue weighted by Gasteiger charge is -2.10. The standard InChI is InChI=1S/C16H16Cl2N6O/c1-10-5-6-24(21-10)11(2)15(25)20-16-19-9-23(22-16)8-12-3-4-13(17)7-14(12)18/h3-7,9,11H,8H2,1-2H3,(H,20,22,25). The number of rotatable bonds is 5. The molecule has 2 aromatic heterocycles. The largest absolute Gasteiger partial charge is 0.291 e. The van der Waals surface area contributed by atoms with Crippen LogP contribution in [0.2, 0.25) is 10.0 Å².